The summed E-state index contributed by atoms with van der Waals surface area (Å²) in [6.45, 7) is 3.94. The van der Waals surface area contributed by atoms with E-state index in [1.54, 1.807) is 24.3 Å². The fraction of sp³-hybridized carbons (Fsp3) is 0.370. The van der Waals surface area contributed by atoms with Gasteiger partial charge in [-0.2, -0.15) is 0 Å². The standard InChI is InChI=1S/C27H31N5O8/c1-2-11-40-27(35)29-10-13-39-15-14-38-12-9-28-26(34)31-23-8-7-18(32(36)37)16-20(23)21-17-24(33)30-22-6-4-3-5-19(22)25(21)31/h3-8,16H,2,9-15,17H2,1H3,(H,28,34)(H,29,35)(H,30,33). The maximum absolute atomic E-state index is 13.4. The number of hydrogen-bond donors (Lipinski definition) is 3. The van der Waals surface area contributed by atoms with Gasteiger partial charge in [0.2, 0.25) is 5.91 Å². The van der Waals surface area contributed by atoms with Crippen LogP contribution in [0.15, 0.2) is 42.5 Å². The van der Waals surface area contributed by atoms with E-state index in [0.717, 1.165) is 6.42 Å². The highest BCUT2D eigenvalue weighted by Crippen LogP contribution is 2.40. The van der Waals surface area contributed by atoms with Crippen LogP contribution in [-0.4, -0.2) is 73.6 Å². The molecule has 0 saturated carbocycles. The molecule has 3 N–H and O–H groups in total. The molecule has 0 radical (unpaired) electrons. The van der Waals surface area contributed by atoms with Crippen LogP contribution in [-0.2, 0) is 25.4 Å². The molecule has 1 aliphatic heterocycles. The number of carbonyl (C=O) groups excluding carboxylic acids is 3. The lowest BCUT2D eigenvalue weighted by Gasteiger charge is -2.13. The van der Waals surface area contributed by atoms with Crippen molar-refractivity contribution in [3.8, 4) is 11.3 Å². The van der Waals surface area contributed by atoms with E-state index in [-0.39, 0.29) is 31.2 Å². The van der Waals surface area contributed by atoms with E-state index < -0.39 is 17.0 Å². The fourth-order valence-electron chi connectivity index (χ4n) is 4.39. The third-order valence-corrected chi connectivity index (χ3v) is 6.11. The zero-order valence-corrected chi connectivity index (χ0v) is 22.1. The molecule has 1 aliphatic rings. The Morgan fingerprint density at radius 2 is 1.75 bits per heavy atom. The number of anilines is 1. The van der Waals surface area contributed by atoms with Gasteiger partial charge in [-0.25, -0.2) is 9.59 Å². The van der Waals surface area contributed by atoms with Crippen LogP contribution in [0.3, 0.4) is 0 Å². The third kappa shape index (κ3) is 6.74. The van der Waals surface area contributed by atoms with Crippen LogP contribution < -0.4 is 16.0 Å². The molecule has 0 atom stereocenters. The number of rotatable bonds is 12. The number of aromatic nitrogens is 1. The molecular weight excluding hydrogens is 522 g/mol. The van der Waals surface area contributed by atoms with Crippen LogP contribution in [0.1, 0.15) is 18.9 Å². The molecule has 212 valence electrons. The number of carbonyl (C=O) groups is 3. The lowest BCUT2D eigenvalue weighted by atomic mass is 10.0. The Morgan fingerprint density at radius 3 is 2.48 bits per heavy atom. The van der Waals surface area contributed by atoms with Crippen LogP contribution in [0.2, 0.25) is 0 Å². The van der Waals surface area contributed by atoms with Crippen molar-refractivity contribution >= 4 is 40.3 Å². The van der Waals surface area contributed by atoms with Gasteiger partial charge < -0.3 is 30.2 Å². The molecule has 13 heteroatoms. The van der Waals surface area contributed by atoms with Gasteiger partial charge in [0, 0.05) is 36.2 Å². The van der Waals surface area contributed by atoms with Gasteiger partial charge in [-0.15, -0.1) is 0 Å². The number of nitrogens with zero attached hydrogens (tertiary/aromatic N) is 2. The number of para-hydroxylation sites is 1. The normalized spacial score (nSPS) is 12.2. The Balaban J connectivity index is 1.38. The van der Waals surface area contributed by atoms with Crippen molar-refractivity contribution in [2.24, 2.45) is 0 Å². The Labute approximate surface area is 229 Å². The summed E-state index contributed by atoms with van der Waals surface area (Å²) < 4.78 is 17.3. The van der Waals surface area contributed by atoms with E-state index in [0.29, 0.717) is 66.4 Å². The Kier molecular flexibility index (Phi) is 9.65. The highest BCUT2D eigenvalue weighted by molar-refractivity contribution is 6.09. The van der Waals surface area contributed by atoms with E-state index in [4.69, 9.17) is 14.2 Å². The van der Waals surface area contributed by atoms with Gasteiger partial charge in [0.15, 0.2) is 0 Å². The van der Waals surface area contributed by atoms with Crippen molar-refractivity contribution in [3.63, 3.8) is 0 Å². The van der Waals surface area contributed by atoms with Gasteiger partial charge in [-0.3, -0.25) is 19.5 Å². The minimum Gasteiger partial charge on any atom is -0.450 e. The van der Waals surface area contributed by atoms with Crippen molar-refractivity contribution in [1.82, 2.24) is 15.2 Å². The largest absolute Gasteiger partial charge is 0.450 e. The highest BCUT2D eigenvalue weighted by Gasteiger charge is 2.29. The molecule has 0 unspecified atom stereocenters. The van der Waals surface area contributed by atoms with Crippen molar-refractivity contribution in [1.29, 1.82) is 0 Å². The number of hydrogen-bond acceptors (Lipinski definition) is 8. The lowest BCUT2D eigenvalue weighted by Crippen LogP contribution is -2.32. The number of ether oxygens (including phenoxy) is 3. The molecule has 0 fully saturated rings. The summed E-state index contributed by atoms with van der Waals surface area (Å²) >= 11 is 0. The van der Waals surface area contributed by atoms with E-state index in [1.165, 1.54) is 22.8 Å². The second-order valence-electron chi connectivity index (χ2n) is 8.91. The molecule has 0 bridgehead atoms. The summed E-state index contributed by atoms with van der Waals surface area (Å²) in [5.41, 5.74) is 2.56. The molecule has 4 rings (SSSR count). The first kappa shape index (κ1) is 28.5. The monoisotopic (exact) mass is 553 g/mol. The summed E-state index contributed by atoms with van der Waals surface area (Å²) in [6, 6.07) is 10.9. The minimum atomic E-state index is -0.507. The van der Waals surface area contributed by atoms with Crippen LogP contribution in [0.4, 0.5) is 21.0 Å². The molecule has 40 heavy (non-hydrogen) atoms. The number of alkyl carbamates (subject to hydrolysis) is 1. The number of nitro groups is 1. The summed E-state index contributed by atoms with van der Waals surface area (Å²) in [4.78, 5) is 48.4. The topological polar surface area (TPSA) is 163 Å². The lowest BCUT2D eigenvalue weighted by molar-refractivity contribution is -0.384. The molecule has 1 aromatic heterocycles. The van der Waals surface area contributed by atoms with E-state index in [2.05, 4.69) is 16.0 Å². The van der Waals surface area contributed by atoms with Crippen LogP contribution >= 0.6 is 0 Å². The van der Waals surface area contributed by atoms with Gasteiger partial charge in [0.25, 0.3) is 5.69 Å². The number of nitrogens with one attached hydrogen (secondary N) is 3. The number of fused-ring (bicyclic) bond motifs is 5. The van der Waals surface area contributed by atoms with Gasteiger partial charge >= 0.3 is 12.1 Å². The maximum atomic E-state index is 13.4. The Bertz CT molecular complexity index is 1400. The SMILES string of the molecule is CCCOC(=O)NCCOCCOCCNC(=O)n1c2c(c3cc([N+](=O)[O-])ccc31)CC(=O)Nc1ccccc1-2. The van der Waals surface area contributed by atoms with Gasteiger partial charge in [0.1, 0.15) is 0 Å². The average Bonchev–Trinajstić information content (AvgIpc) is 3.17. The van der Waals surface area contributed by atoms with Gasteiger partial charge in [0.05, 0.1) is 61.3 Å². The van der Waals surface area contributed by atoms with E-state index in [9.17, 15) is 24.5 Å². The third-order valence-electron chi connectivity index (χ3n) is 6.11. The van der Waals surface area contributed by atoms with E-state index in [1.807, 2.05) is 6.92 Å². The minimum absolute atomic E-state index is 0.0412. The molecule has 0 aliphatic carbocycles. The van der Waals surface area contributed by atoms with Crippen molar-refractivity contribution < 1.29 is 33.5 Å². The first-order chi connectivity index (χ1) is 19.4. The summed E-state index contributed by atoms with van der Waals surface area (Å²) in [5, 5.41) is 20.2. The fourth-order valence-corrected chi connectivity index (χ4v) is 4.39. The maximum Gasteiger partial charge on any atom is 0.407 e. The number of benzene rings is 2. The molecule has 0 saturated heterocycles. The number of non-ortho nitro benzene ring substituents is 1. The predicted octanol–water partition coefficient (Wildman–Crippen LogP) is 3.44. The zero-order valence-electron chi connectivity index (χ0n) is 22.1. The van der Waals surface area contributed by atoms with Crippen LogP contribution in [0.25, 0.3) is 22.2 Å². The molecule has 2 aromatic carbocycles. The summed E-state index contributed by atoms with van der Waals surface area (Å²) in [7, 11) is 0. The quantitative estimate of drug-likeness (QED) is 0.174. The number of nitro benzene ring substituents is 1. The zero-order chi connectivity index (χ0) is 28.5. The Morgan fingerprint density at radius 1 is 1.02 bits per heavy atom. The van der Waals surface area contributed by atoms with Crippen molar-refractivity contribution in [2.75, 3.05) is 51.4 Å². The first-order valence-electron chi connectivity index (χ1n) is 13.0. The van der Waals surface area contributed by atoms with Gasteiger partial charge in [-0.05, 0) is 24.1 Å². The molecule has 3 amide bonds. The predicted molar refractivity (Wildman–Crippen MR) is 146 cm³/mol. The van der Waals surface area contributed by atoms with Crippen LogP contribution in [0.5, 0.6) is 0 Å². The second-order valence-corrected chi connectivity index (χ2v) is 8.91. The van der Waals surface area contributed by atoms with Crippen LogP contribution in [0, 0.1) is 10.1 Å². The smallest absolute Gasteiger partial charge is 0.407 e. The molecule has 3 aromatic rings. The summed E-state index contributed by atoms with van der Waals surface area (Å²) in [5.74, 6) is -0.278. The van der Waals surface area contributed by atoms with E-state index >= 15 is 0 Å². The molecular formula is C27H31N5O8. The average molecular weight is 554 g/mol. The highest BCUT2D eigenvalue weighted by atomic mass is 16.6. The molecule has 0 spiro atoms. The molecule has 13 nitrogen and oxygen atoms in total. The molecule has 2 heterocycles. The van der Waals surface area contributed by atoms with Gasteiger partial charge in [-0.1, -0.05) is 25.1 Å². The Hall–Kier alpha value is -4.49. The number of amides is 3. The van der Waals surface area contributed by atoms with Crippen molar-refractivity contribution in [2.45, 2.75) is 19.8 Å². The first-order valence-corrected chi connectivity index (χ1v) is 13.0. The van der Waals surface area contributed by atoms with Crippen molar-refractivity contribution in [3.05, 3.63) is 58.1 Å². The second kappa shape index (κ2) is 13.5. The summed E-state index contributed by atoms with van der Waals surface area (Å²) in [6.07, 6.45) is 0.235.